The molecule has 2 saturated heterocycles. The van der Waals surface area contributed by atoms with E-state index < -0.39 is 0 Å². The van der Waals surface area contributed by atoms with Crippen LogP contribution in [0, 0.1) is 5.92 Å². The molecule has 2 fully saturated rings. The van der Waals surface area contributed by atoms with E-state index >= 15 is 0 Å². The van der Waals surface area contributed by atoms with Gasteiger partial charge >= 0.3 is 0 Å². The smallest absolute Gasteiger partial charge is 0.226 e. The minimum atomic E-state index is 0.191. The molecule has 25 heavy (non-hydrogen) atoms. The van der Waals surface area contributed by atoms with E-state index in [2.05, 4.69) is 33.8 Å². The summed E-state index contributed by atoms with van der Waals surface area (Å²) in [5.41, 5.74) is 0. The standard InChI is InChI=1S/C18H31N5O2/c1-4-5-6-18-19-17(20-25-18)13-21-11-14(2)16(12-21)23-9-7-22(8-10-23)15(3)24/h14,16H,4-13H2,1-3H3/t14-,16+/m0/s1. The summed E-state index contributed by atoms with van der Waals surface area (Å²) in [6.07, 6.45) is 3.11. The summed E-state index contributed by atoms with van der Waals surface area (Å²) in [5, 5.41) is 4.14. The largest absolute Gasteiger partial charge is 0.340 e. The highest BCUT2D eigenvalue weighted by atomic mass is 16.5. The van der Waals surface area contributed by atoms with Gasteiger partial charge < -0.3 is 9.42 Å². The first-order valence-electron chi connectivity index (χ1n) is 9.60. The van der Waals surface area contributed by atoms with Crippen molar-refractivity contribution >= 4 is 5.91 Å². The molecule has 0 bridgehead atoms. The van der Waals surface area contributed by atoms with E-state index in [9.17, 15) is 4.79 Å². The summed E-state index contributed by atoms with van der Waals surface area (Å²) in [4.78, 5) is 22.9. The van der Waals surface area contributed by atoms with Crippen molar-refractivity contribution in [2.45, 2.75) is 52.6 Å². The molecule has 0 unspecified atom stereocenters. The predicted molar refractivity (Wildman–Crippen MR) is 95.0 cm³/mol. The third-order valence-corrected chi connectivity index (χ3v) is 5.50. The van der Waals surface area contributed by atoms with Gasteiger partial charge in [0.1, 0.15) is 0 Å². The van der Waals surface area contributed by atoms with Crippen molar-refractivity contribution < 1.29 is 9.32 Å². The van der Waals surface area contributed by atoms with Crippen molar-refractivity contribution in [2.75, 3.05) is 39.3 Å². The van der Waals surface area contributed by atoms with Crippen LogP contribution in [0.5, 0.6) is 0 Å². The fourth-order valence-electron chi connectivity index (χ4n) is 4.00. The zero-order valence-electron chi connectivity index (χ0n) is 15.8. The summed E-state index contributed by atoms with van der Waals surface area (Å²) in [5.74, 6) is 2.38. The van der Waals surface area contributed by atoms with Crippen molar-refractivity contribution in [1.82, 2.24) is 24.8 Å². The van der Waals surface area contributed by atoms with Crippen LogP contribution in [0.25, 0.3) is 0 Å². The monoisotopic (exact) mass is 349 g/mol. The molecule has 3 heterocycles. The Morgan fingerprint density at radius 3 is 2.68 bits per heavy atom. The van der Waals surface area contributed by atoms with Gasteiger partial charge in [-0.2, -0.15) is 4.98 Å². The molecule has 2 atom stereocenters. The minimum Gasteiger partial charge on any atom is -0.340 e. The van der Waals surface area contributed by atoms with Gasteiger partial charge in [0, 0.05) is 58.7 Å². The first kappa shape index (κ1) is 18.3. The average molecular weight is 349 g/mol. The lowest BCUT2D eigenvalue weighted by Crippen LogP contribution is -2.53. The average Bonchev–Trinajstić information content (AvgIpc) is 3.19. The fourth-order valence-corrected chi connectivity index (χ4v) is 4.00. The number of amides is 1. The lowest BCUT2D eigenvalue weighted by atomic mass is 10.0. The number of piperazine rings is 1. The van der Waals surface area contributed by atoms with Crippen molar-refractivity contribution in [3.05, 3.63) is 11.7 Å². The number of nitrogens with zero attached hydrogens (tertiary/aromatic N) is 5. The van der Waals surface area contributed by atoms with Crippen molar-refractivity contribution in [3.8, 4) is 0 Å². The molecular formula is C18H31N5O2. The van der Waals surface area contributed by atoms with Crippen LogP contribution in [-0.2, 0) is 17.8 Å². The second-order valence-corrected chi connectivity index (χ2v) is 7.49. The van der Waals surface area contributed by atoms with Crippen LogP contribution in [-0.4, -0.2) is 76.1 Å². The summed E-state index contributed by atoms with van der Waals surface area (Å²) < 4.78 is 5.35. The van der Waals surface area contributed by atoms with Crippen LogP contribution in [0.1, 0.15) is 45.3 Å². The van der Waals surface area contributed by atoms with Crippen molar-refractivity contribution in [1.29, 1.82) is 0 Å². The Bertz CT molecular complexity index is 568. The molecule has 1 amide bonds. The Labute approximate surface area is 150 Å². The number of aryl methyl sites for hydroxylation is 1. The topological polar surface area (TPSA) is 65.7 Å². The highest BCUT2D eigenvalue weighted by Gasteiger charge is 2.35. The molecule has 7 heteroatoms. The first-order chi connectivity index (χ1) is 12.1. The van der Waals surface area contributed by atoms with E-state index in [1.54, 1.807) is 6.92 Å². The van der Waals surface area contributed by atoms with Crippen molar-refractivity contribution in [3.63, 3.8) is 0 Å². The van der Waals surface area contributed by atoms with Gasteiger partial charge in [0.05, 0.1) is 6.54 Å². The Hall–Kier alpha value is -1.47. The second kappa shape index (κ2) is 8.27. The number of carbonyl (C=O) groups excluding carboxylic acids is 1. The van der Waals surface area contributed by atoms with Gasteiger partial charge in [-0.15, -0.1) is 0 Å². The van der Waals surface area contributed by atoms with Gasteiger partial charge in [-0.3, -0.25) is 14.6 Å². The van der Waals surface area contributed by atoms with Crippen LogP contribution in [0.2, 0.25) is 0 Å². The highest BCUT2D eigenvalue weighted by molar-refractivity contribution is 5.73. The molecule has 2 aliphatic rings. The maximum absolute atomic E-state index is 11.5. The van der Waals surface area contributed by atoms with E-state index in [1.165, 1.54) is 0 Å². The zero-order valence-corrected chi connectivity index (χ0v) is 15.8. The molecule has 7 nitrogen and oxygen atoms in total. The fraction of sp³-hybridized carbons (Fsp3) is 0.833. The lowest BCUT2D eigenvalue weighted by Gasteiger charge is -2.39. The van der Waals surface area contributed by atoms with E-state index in [0.717, 1.165) is 76.8 Å². The van der Waals surface area contributed by atoms with Gasteiger partial charge in [-0.1, -0.05) is 25.4 Å². The van der Waals surface area contributed by atoms with E-state index in [-0.39, 0.29) is 5.91 Å². The molecule has 1 aromatic heterocycles. The molecule has 0 aromatic carbocycles. The van der Waals surface area contributed by atoms with Gasteiger partial charge in [0.25, 0.3) is 0 Å². The summed E-state index contributed by atoms with van der Waals surface area (Å²) in [6.45, 7) is 12.7. The SMILES string of the molecule is CCCCc1nc(CN2C[C@@H](N3CCN(C(C)=O)CC3)[C@@H](C)C2)no1. The van der Waals surface area contributed by atoms with E-state index in [1.807, 2.05) is 4.90 Å². The maximum Gasteiger partial charge on any atom is 0.226 e. The summed E-state index contributed by atoms with van der Waals surface area (Å²) in [6, 6.07) is 0.556. The summed E-state index contributed by atoms with van der Waals surface area (Å²) >= 11 is 0. The number of aromatic nitrogens is 2. The van der Waals surface area contributed by atoms with Crippen LogP contribution in [0.4, 0.5) is 0 Å². The third kappa shape index (κ3) is 4.58. The number of hydrogen-bond acceptors (Lipinski definition) is 6. The van der Waals surface area contributed by atoms with Crippen LogP contribution in [0.15, 0.2) is 4.52 Å². The molecule has 0 saturated carbocycles. The molecule has 140 valence electrons. The Balaban J connectivity index is 1.50. The van der Waals surface area contributed by atoms with Gasteiger partial charge in [0.15, 0.2) is 5.82 Å². The number of unbranched alkanes of at least 4 members (excludes halogenated alkanes) is 1. The van der Waals surface area contributed by atoms with E-state index in [0.29, 0.717) is 12.0 Å². The molecule has 0 aliphatic carbocycles. The Morgan fingerprint density at radius 1 is 1.24 bits per heavy atom. The normalized spacial score (nSPS) is 25.6. The Kier molecular flexibility index (Phi) is 6.06. The minimum absolute atomic E-state index is 0.191. The van der Waals surface area contributed by atoms with Crippen LogP contribution in [0.3, 0.4) is 0 Å². The van der Waals surface area contributed by atoms with Gasteiger partial charge in [0.2, 0.25) is 11.8 Å². The number of carbonyl (C=O) groups is 1. The maximum atomic E-state index is 11.5. The molecule has 0 spiro atoms. The molecule has 2 aliphatic heterocycles. The predicted octanol–water partition coefficient (Wildman–Crippen LogP) is 1.40. The number of hydrogen-bond donors (Lipinski definition) is 0. The molecule has 1 aromatic rings. The first-order valence-corrected chi connectivity index (χ1v) is 9.60. The van der Waals surface area contributed by atoms with Crippen LogP contribution >= 0.6 is 0 Å². The third-order valence-electron chi connectivity index (χ3n) is 5.50. The number of rotatable bonds is 6. The quantitative estimate of drug-likeness (QED) is 0.773. The van der Waals surface area contributed by atoms with E-state index in [4.69, 9.17) is 4.52 Å². The van der Waals surface area contributed by atoms with Gasteiger partial charge in [-0.05, 0) is 12.3 Å². The highest BCUT2D eigenvalue weighted by Crippen LogP contribution is 2.24. The summed E-state index contributed by atoms with van der Waals surface area (Å²) in [7, 11) is 0. The molecule has 0 N–H and O–H groups in total. The zero-order chi connectivity index (χ0) is 17.8. The van der Waals surface area contributed by atoms with Gasteiger partial charge in [-0.25, -0.2) is 0 Å². The van der Waals surface area contributed by atoms with Crippen molar-refractivity contribution in [2.24, 2.45) is 5.92 Å². The number of likely N-dealkylation sites (tertiary alicyclic amines) is 1. The lowest BCUT2D eigenvalue weighted by molar-refractivity contribution is -0.130. The Morgan fingerprint density at radius 2 is 2.00 bits per heavy atom. The second-order valence-electron chi connectivity index (χ2n) is 7.49. The molecule has 0 radical (unpaired) electrons. The molecular weight excluding hydrogens is 318 g/mol. The molecule has 3 rings (SSSR count). The van der Waals surface area contributed by atoms with Crippen LogP contribution < -0.4 is 0 Å².